The zero-order valence-corrected chi connectivity index (χ0v) is 11.8. The lowest BCUT2D eigenvalue weighted by Crippen LogP contribution is -2.35. The Morgan fingerprint density at radius 2 is 2.11 bits per heavy atom. The van der Waals surface area contributed by atoms with Gasteiger partial charge in [0, 0.05) is 24.8 Å². The molecule has 1 unspecified atom stereocenters. The van der Waals surface area contributed by atoms with Crippen LogP contribution in [0.5, 0.6) is 0 Å². The minimum Gasteiger partial charge on any atom is -0.368 e. The minimum absolute atomic E-state index is 0.641. The van der Waals surface area contributed by atoms with Crippen LogP contribution >= 0.6 is 0 Å². The predicted molar refractivity (Wildman–Crippen MR) is 79.0 cm³/mol. The molecule has 1 aromatic rings. The molecule has 2 nitrogen and oxygen atoms in total. The van der Waals surface area contributed by atoms with Crippen LogP contribution in [0.25, 0.3) is 0 Å². The molecule has 2 heteroatoms. The first-order chi connectivity index (χ1) is 8.76. The molecule has 18 heavy (non-hydrogen) atoms. The monoisotopic (exact) mass is 246 g/mol. The van der Waals surface area contributed by atoms with Crippen LogP contribution in [0, 0.1) is 6.92 Å². The van der Waals surface area contributed by atoms with Crippen molar-refractivity contribution in [2.45, 2.75) is 58.5 Å². The van der Waals surface area contributed by atoms with E-state index in [1.165, 1.54) is 55.5 Å². The molecule has 1 aromatic carbocycles. The molecule has 1 atom stereocenters. The van der Waals surface area contributed by atoms with Crippen molar-refractivity contribution in [1.29, 1.82) is 0 Å². The summed E-state index contributed by atoms with van der Waals surface area (Å²) >= 11 is 0. The van der Waals surface area contributed by atoms with Gasteiger partial charge >= 0.3 is 0 Å². The summed E-state index contributed by atoms with van der Waals surface area (Å²) in [6.07, 6.45) is 6.62. The van der Waals surface area contributed by atoms with Crippen molar-refractivity contribution < 1.29 is 0 Å². The first-order valence-corrected chi connectivity index (χ1v) is 7.32. The molecule has 2 N–H and O–H groups in total. The van der Waals surface area contributed by atoms with Crippen LogP contribution in [-0.4, -0.2) is 12.6 Å². The zero-order valence-electron chi connectivity index (χ0n) is 11.8. The topological polar surface area (TPSA) is 29.3 Å². The van der Waals surface area contributed by atoms with Crippen LogP contribution in [0.3, 0.4) is 0 Å². The maximum Gasteiger partial charge on any atom is 0.0416 e. The molecule has 1 saturated heterocycles. The van der Waals surface area contributed by atoms with Gasteiger partial charge in [-0.25, -0.2) is 0 Å². The molecule has 1 aliphatic rings. The number of benzene rings is 1. The average Bonchev–Trinajstić information content (AvgIpc) is 2.63. The van der Waals surface area contributed by atoms with Gasteiger partial charge in [-0.2, -0.15) is 0 Å². The van der Waals surface area contributed by atoms with Gasteiger partial charge in [-0.15, -0.1) is 0 Å². The minimum atomic E-state index is 0.641. The number of nitrogens with zero attached hydrogens (tertiary/aromatic N) is 1. The van der Waals surface area contributed by atoms with E-state index in [2.05, 4.69) is 36.9 Å². The fraction of sp³-hybridized carbons (Fsp3) is 0.625. The second kappa shape index (κ2) is 6.24. The first-order valence-electron chi connectivity index (χ1n) is 7.32. The lowest BCUT2D eigenvalue weighted by molar-refractivity contribution is 0.555. The fourth-order valence-electron chi connectivity index (χ4n) is 3.03. The molecule has 1 fully saturated rings. The lowest BCUT2D eigenvalue weighted by Gasteiger charge is -2.33. The van der Waals surface area contributed by atoms with Gasteiger partial charge in [-0.3, -0.25) is 0 Å². The Hall–Kier alpha value is -1.02. The van der Waals surface area contributed by atoms with E-state index in [0.717, 1.165) is 0 Å². The van der Waals surface area contributed by atoms with Crippen LogP contribution in [-0.2, 0) is 6.54 Å². The Bertz CT molecular complexity index is 387. The summed E-state index contributed by atoms with van der Waals surface area (Å²) in [6.45, 7) is 6.31. The molecular formula is C16H26N2. The van der Waals surface area contributed by atoms with Crippen molar-refractivity contribution in [1.82, 2.24) is 0 Å². The number of nitrogens with two attached hydrogens (primary N) is 1. The fourth-order valence-corrected chi connectivity index (χ4v) is 3.03. The largest absolute Gasteiger partial charge is 0.368 e. The molecule has 0 amide bonds. The summed E-state index contributed by atoms with van der Waals surface area (Å²) in [5, 5.41) is 0. The normalized spacial score (nSPS) is 20.8. The highest BCUT2D eigenvalue weighted by Crippen LogP contribution is 2.29. The second-order valence-corrected chi connectivity index (χ2v) is 5.44. The van der Waals surface area contributed by atoms with Crippen molar-refractivity contribution in [2.24, 2.45) is 5.73 Å². The first kappa shape index (κ1) is 13.4. The van der Waals surface area contributed by atoms with E-state index in [4.69, 9.17) is 5.73 Å². The van der Waals surface area contributed by atoms with Crippen molar-refractivity contribution in [3.05, 3.63) is 29.3 Å². The van der Waals surface area contributed by atoms with Gasteiger partial charge in [0.2, 0.25) is 0 Å². The highest BCUT2D eigenvalue weighted by Gasteiger charge is 2.21. The smallest absolute Gasteiger partial charge is 0.0416 e. The van der Waals surface area contributed by atoms with Gasteiger partial charge in [0.1, 0.15) is 0 Å². The third kappa shape index (κ3) is 2.86. The molecule has 0 spiro atoms. The maximum atomic E-state index is 5.91. The third-order valence-corrected chi connectivity index (χ3v) is 4.12. The SMILES string of the molecule is CCC1CCCCCN1c1cc(C)ccc1CN. The molecule has 100 valence electrons. The summed E-state index contributed by atoms with van der Waals surface area (Å²) in [7, 11) is 0. The maximum absolute atomic E-state index is 5.91. The number of anilines is 1. The van der Waals surface area contributed by atoms with Crippen LogP contribution in [0.1, 0.15) is 50.2 Å². The van der Waals surface area contributed by atoms with E-state index in [0.29, 0.717) is 12.6 Å². The van der Waals surface area contributed by atoms with Crippen LogP contribution in [0.15, 0.2) is 18.2 Å². The van der Waals surface area contributed by atoms with Gasteiger partial charge in [0.05, 0.1) is 0 Å². The number of aryl methyl sites for hydroxylation is 1. The molecule has 0 aliphatic carbocycles. The Morgan fingerprint density at radius 3 is 2.83 bits per heavy atom. The lowest BCUT2D eigenvalue weighted by atomic mass is 10.0. The highest BCUT2D eigenvalue weighted by atomic mass is 15.2. The van der Waals surface area contributed by atoms with Crippen molar-refractivity contribution in [3.8, 4) is 0 Å². The molecule has 0 saturated carbocycles. The van der Waals surface area contributed by atoms with Crippen molar-refractivity contribution >= 4 is 5.69 Å². The van der Waals surface area contributed by atoms with E-state index in [-0.39, 0.29) is 0 Å². The van der Waals surface area contributed by atoms with Gasteiger partial charge in [0.15, 0.2) is 0 Å². The average molecular weight is 246 g/mol. The Morgan fingerprint density at radius 1 is 1.28 bits per heavy atom. The number of hydrogen-bond acceptors (Lipinski definition) is 2. The Kier molecular flexibility index (Phi) is 4.65. The summed E-state index contributed by atoms with van der Waals surface area (Å²) in [5.41, 5.74) is 9.91. The van der Waals surface area contributed by atoms with Crippen LogP contribution in [0.2, 0.25) is 0 Å². The molecule has 1 heterocycles. The van der Waals surface area contributed by atoms with Gasteiger partial charge < -0.3 is 10.6 Å². The summed E-state index contributed by atoms with van der Waals surface area (Å²) < 4.78 is 0. The Balaban J connectivity index is 2.34. The zero-order chi connectivity index (χ0) is 13.0. The Labute approximate surface area is 111 Å². The molecular weight excluding hydrogens is 220 g/mol. The number of rotatable bonds is 3. The standard InChI is InChI=1S/C16H26N2/c1-3-15-7-5-4-6-10-18(15)16-11-13(2)8-9-14(16)12-17/h8-9,11,15H,3-7,10,12,17H2,1-2H3. The molecule has 1 aliphatic heterocycles. The van der Waals surface area contributed by atoms with E-state index in [1.54, 1.807) is 0 Å². The molecule has 0 radical (unpaired) electrons. The molecule has 0 aromatic heterocycles. The van der Waals surface area contributed by atoms with Gasteiger partial charge in [0.25, 0.3) is 0 Å². The van der Waals surface area contributed by atoms with Crippen LogP contribution in [0.4, 0.5) is 5.69 Å². The van der Waals surface area contributed by atoms with Crippen molar-refractivity contribution in [3.63, 3.8) is 0 Å². The van der Waals surface area contributed by atoms with Crippen LogP contribution < -0.4 is 10.6 Å². The highest BCUT2D eigenvalue weighted by molar-refractivity contribution is 5.56. The van der Waals surface area contributed by atoms with Crippen molar-refractivity contribution in [2.75, 3.05) is 11.4 Å². The summed E-state index contributed by atoms with van der Waals surface area (Å²) in [5.74, 6) is 0. The van der Waals surface area contributed by atoms with Gasteiger partial charge in [-0.05, 0) is 43.4 Å². The van der Waals surface area contributed by atoms with E-state index < -0.39 is 0 Å². The molecule has 2 rings (SSSR count). The molecule has 0 bridgehead atoms. The van der Waals surface area contributed by atoms with E-state index in [9.17, 15) is 0 Å². The van der Waals surface area contributed by atoms with E-state index >= 15 is 0 Å². The quantitative estimate of drug-likeness (QED) is 0.882. The van der Waals surface area contributed by atoms with E-state index in [1.807, 2.05) is 0 Å². The third-order valence-electron chi connectivity index (χ3n) is 4.12. The number of hydrogen-bond donors (Lipinski definition) is 1. The predicted octanol–water partition coefficient (Wildman–Crippen LogP) is 3.61. The second-order valence-electron chi connectivity index (χ2n) is 5.44. The summed E-state index contributed by atoms with van der Waals surface area (Å²) in [4.78, 5) is 2.61. The summed E-state index contributed by atoms with van der Waals surface area (Å²) in [6, 6.07) is 7.38. The van der Waals surface area contributed by atoms with Gasteiger partial charge in [-0.1, -0.05) is 31.9 Å².